The second kappa shape index (κ2) is 13.2. The van der Waals surface area contributed by atoms with E-state index in [2.05, 4.69) is 20.6 Å². The highest BCUT2D eigenvalue weighted by atomic mass is 17.1. The molecule has 2 aromatic rings. The Bertz CT molecular complexity index is 980. The zero-order valence-corrected chi connectivity index (χ0v) is 17.4. The van der Waals surface area contributed by atoms with Crippen LogP contribution in [0.1, 0.15) is 54.2 Å². The topological polar surface area (TPSA) is 184 Å². The van der Waals surface area contributed by atoms with E-state index in [9.17, 15) is 19.5 Å². The molecule has 0 atom stereocenters. The average Bonchev–Trinajstić information content (AvgIpc) is 2.79. The van der Waals surface area contributed by atoms with Gasteiger partial charge in [0.1, 0.15) is 13.2 Å². The zero-order chi connectivity index (χ0) is 24.2. The molecular formula is C21H24N2O10. The molecule has 0 aliphatic heterocycles. The lowest BCUT2D eigenvalue weighted by molar-refractivity contribution is -0.253. The van der Waals surface area contributed by atoms with Crippen molar-refractivity contribution in [3.8, 4) is 0 Å². The molecule has 0 spiro atoms. The molecule has 0 aromatic heterocycles. The van der Waals surface area contributed by atoms with Crippen LogP contribution in [0.15, 0.2) is 36.4 Å². The van der Waals surface area contributed by atoms with Gasteiger partial charge in [0.15, 0.2) is 0 Å². The first kappa shape index (κ1) is 25.9. The Morgan fingerprint density at radius 2 is 1.55 bits per heavy atom. The van der Waals surface area contributed by atoms with Gasteiger partial charge in [0.05, 0.1) is 23.3 Å². The highest BCUT2D eigenvalue weighted by Gasteiger charge is 2.17. The summed E-state index contributed by atoms with van der Waals surface area (Å²) >= 11 is 0. The number of carboxylic acid groups (broad SMARTS) is 2. The van der Waals surface area contributed by atoms with Crippen LogP contribution in [0.4, 0.5) is 0 Å². The van der Waals surface area contributed by atoms with Gasteiger partial charge < -0.3 is 15.5 Å². The molecule has 6 N–H and O–H groups in total. The summed E-state index contributed by atoms with van der Waals surface area (Å²) < 4.78 is 0. The molecule has 0 aliphatic carbocycles. The Morgan fingerprint density at radius 1 is 0.788 bits per heavy atom. The minimum absolute atomic E-state index is 0.00780. The van der Waals surface area contributed by atoms with Gasteiger partial charge in [0, 0.05) is 13.1 Å². The van der Waals surface area contributed by atoms with E-state index in [0.717, 1.165) is 0 Å². The van der Waals surface area contributed by atoms with E-state index in [1.54, 1.807) is 0 Å². The van der Waals surface area contributed by atoms with Crippen LogP contribution < -0.4 is 10.8 Å². The molecule has 178 valence electrons. The smallest absolute Gasteiger partial charge is 0.336 e. The maximum atomic E-state index is 12.4. The first-order chi connectivity index (χ1) is 15.9. The summed E-state index contributed by atoms with van der Waals surface area (Å²) in [6.07, 6.45) is 0.440. The van der Waals surface area contributed by atoms with Crippen molar-refractivity contribution in [3.63, 3.8) is 0 Å². The maximum Gasteiger partial charge on any atom is 0.336 e. The molecule has 0 saturated heterocycles. The summed E-state index contributed by atoms with van der Waals surface area (Å²) in [6, 6.07) is 8.34. The van der Waals surface area contributed by atoms with Crippen molar-refractivity contribution in [3.05, 3.63) is 69.8 Å². The zero-order valence-electron chi connectivity index (χ0n) is 17.4. The molecule has 0 radical (unpaired) electrons. The summed E-state index contributed by atoms with van der Waals surface area (Å²) in [5, 5.41) is 38.2. The molecular weight excluding hydrogens is 440 g/mol. The SMILES string of the molecule is O=C(O)c1ccc(COO)c(CONCCCNC(=O)c2cc(COO)ccc2C(=O)O)c1. The van der Waals surface area contributed by atoms with Crippen LogP contribution in [0.2, 0.25) is 0 Å². The van der Waals surface area contributed by atoms with Crippen LogP contribution in [-0.2, 0) is 34.4 Å². The minimum atomic E-state index is -1.26. The Labute approximate surface area is 188 Å². The van der Waals surface area contributed by atoms with E-state index in [-0.39, 0.29) is 43.1 Å². The van der Waals surface area contributed by atoms with Gasteiger partial charge in [-0.25, -0.2) is 24.8 Å². The second-order valence-electron chi connectivity index (χ2n) is 6.81. The van der Waals surface area contributed by atoms with Gasteiger partial charge in [-0.05, 0) is 47.4 Å². The molecule has 1 amide bonds. The Kier molecular flexibility index (Phi) is 10.4. The predicted octanol–water partition coefficient (Wildman–Crippen LogP) is 1.90. The second-order valence-corrected chi connectivity index (χ2v) is 6.81. The van der Waals surface area contributed by atoms with Crippen LogP contribution in [0.3, 0.4) is 0 Å². The molecule has 2 aromatic carbocycles. The van der Waals surface area contributed by atoms with Crippen LogP contribution in [-0.4, -0.2) is 51.7 Å². The number of amides is 1. The van der Waals surface area contributed by atoms with Crippen molar-refractivity contribution in [1.82, 2.24) is 10.8 Å². The van der Waals surface area contributed by atoms with Crippen LogP contribution >= 0.6 is 0 Å². The van der Waals surface area contributed by atoms with Gasteiger partial charge in [0.25, 0.3) is 5.91 Å². The standard InChI is InChI=1S/C21H24N2O10/c24-19(18-8-13(10-32-29)2-5-17(18)21(27)28)22-6-1-7-23-31-11-16-9-14(20(25)26)3-4-15(16)12-33-30/h2-5,8-9,23,29-30H,1,6-7,10-12H2,(H,22,24)(H,25,26)(H,27,28). The van der Waals surface area contributed by atoms with Gasteiger partial charge >= 0.3 is 11.9 Å². The van der Waals surface area contributed by atoms with Crippen molar-refractivity contribution in [1.29, 1.82) is 0 Å². The maximum absolute atomic E-state index is 12.4. The molecule has 0 unspecified atom stereocenters. The van der Waals surface area contributed by atoms with E-state index in [0.29, 0.717) is 29.7 Å². The lowest BCUT2D eigenvalue weighted by Crippen LogP contribution is -2.29. The summed E-state index contributed by atoms with van der Waals surface area (Å²) in [4.78, 5) is 48.3. The van der Waals surface area contributed by atoms with E-state index in [4.69, 9.17) is 20.5 Å². The van der Waals surface area contributed by atoms with Crippen LogP contribution in [0.25, 0.3) is 0 Å². The highest BCUT2D eigenvalue weighted by Crippen LogP contribution is 2.15. The highest BCUT2D eigenvalue weighted by molar-refractivity contribution is 6.04. The number of carbonyl (C=O) groups excluding carboxylic acids is 1. The number of nitrogens with one attached hydrogen (secondary N) is 2. The Balaban J connectivity index is 1.81. The number of aromatic carboxylic acids is 2. The van der Waals surface area contributed by atoms with Crippen LogP contribution in [0, 0.1) is 0 Å². The van der Waals surface area contributed by atoms with Crippen LogP contribution in [0.5, 0.6) is 0 Å². The van der Waals surface area contributed by atoms with E-state index in [1.807, 2.05) is 0 Å². The quantitative estimate of drug-likeness (QED) is 0.136. The number of hydroxylamine groups is 1. The molecule has 0 fully saturated rings. The number of carbonyl (C=O) groups is 3. The van der Waals surface area contributed by atoms with Gasteiger partial charge in [-0.2, -0.15) is 0 Å². The largest absolute Gasteiger partial charge is 0.478 e. The summed E-state index contributed by atoms with van der Waals surface area (Å²) in [6.45, 7) is 0.230. The lowest BCUT2D eigenvalue weighted by atomic mass is 10.0. The van der Waals surface area contributed by atoms with E-state index < -0.39 is 17.8 Å². The lowest BCUT2D eigenvalue weighted by Gasteiger charge is -2.12. The number of hydrogen-bond donors (Lipinski definition) is 6. The summed E-state index contributed by atoms with van der Waals surface area (Å²) in [5.74, 6) is -2.95. The van der Waals surface area contributed by atoms with Gasteiger partial charge in [-0.15, -0.1) is 0 Å². The Morgan fingerprint density at radius 3 is 2.21 bits per heavy atom. The Hall–Kier alpha value is -3.39. The van der Waals surface area contributed by atoms with E-state index >= 15 is 0 Å². The third-order valence-corrected chi connectivity index (χ3v) is 4.53. The molecule has 0 aliphatic rings. The summed E-state index contributed by atoms with van der Waals surface area (Å²) in [7, 11) is 0. The normalized spacial score (nSPS) is 10.7. The molecule has 12 heteroatoms. The monoisotopic (exact) mass is 464 g/mol. The number of hydrogen-bond acceptors (Lipinski definition) is 9. The third kappa shape index (κ3) is 7.91. The number of benzene rings is 2. The number of rotatable bonds is 14. The molecule has 0 bridgehead atoms. The molecule has 0 heterocycles. The van der Waals surface area contributed by atoms with Crippen molar-refractivity contribution < 1.29 is 49.7 Å². The third-order valence-electron chi connectivity index (χ3n) is 4.53. The molecule has 12 nitrogen and oxygen atoms in total. The van der Waals surface area contributed by atoms with Crippen molar-refractivity contribution in [2.75, 3.05) is 13.1 Å². The predicted molar refractivity (Wildman–Crippen MR) is 111 cm³/mol. The van der Waals surface area contributed by atoms with Crippen molar-refractivity contribution >= 4 is 17.8 Å². The minimum Gasteiger partial charge on any atom is -0.478 e. The fourth-order valence-electron chi connectivity index (χ4n) is 2.89. The molecule has 33 heavy (non-hydrogen) atoms. The first-order valence-electron chi connectivity index (χ1n) is 9.74. The fourth-order valence-corrected chi connectivity index (χ4v) is 2.89. The number of carboxylic acids is 2. The first-order valence-corrected chi connectivity index (χ1v) is 9.74. The van der Waals surface area contributed by atoms with Gasteiger partial charge in [0.2, 0.25) is 0 Å². The van der Waals surface area contributed by atoms with Gasteiger partial charge in [-0.1, -0.05) is 12.1 Å². The summed E-state index contributed by atoms with van der Waals surface area (Å²) in [5.41, 5.74) is 4.01. The van der Waals surface area contributed by atoms with Crippen molar-refractivity contribution in [2.45, 2.75) is 26.2 Å². The van der Waals surface area contributed by atoms with Gasteiger partial charge in [-0.3, -0.25) is 20.1 Å². The van der Waals surface area contributed by atoms with E-state index in [1.165, 1.54) is 36.4 Å². The average molecular weight is 464 g/mol. The molecule has 2 rings (SSSR count). The molecule has 0 saturated carbocycles. The fraction of sp³-hybridized carbons (Fsp3) is 0.286. The van der Waals surface area contributed by atoms with Crippen molar-refractivity contribution in [2.24, 2.45) is 0 Å².